The van der Waals surface area contributed by atoms with Crippen molar-refractivity contribution < 1.29 is 0 Å². The van der Waals surface area contributed by atoms with E-state index in [0.717, 1.165) is 23.0 Å². The smallest absolute Gasteiger partial charge is 0.191 e. The number of guanidine groups is 1. The lowest BCUT2D eigenvalue weighted by Crippen LogP contribution is -2.38. The first-order valence-electron chi connectivity index (χ1n) is 7.39. The van der Waals surface area contributed by atoms with Gasteiger partial charge in [0.1, 0.15) is 5.01 Å². The average Bonchev–Trinajstić information content (AvgIpc) is 3.01. The van der Waals surface area contributed by atoms with Gasteiger partial charge in [-0.1, -0.05) is 36.2 Å². The summed E-state index contributed by atoms with van der Waals surface area (Å²) in [5.74, 6) is 0.719. The molecule has 0 spiro atoms. The van der Waals surface area contributed by atoms with Crippen molar-refractivity contribution in [1.82, 2.24) is 15.6 Å². The van der Waals surface area contributed by atoms with Gasteiger partial charge >= 0.3 is 0 Å². The SMILES string of the molecule is CCc1cnc(CNC(=NC)NC(C)c2ccc(Cl)c(Cl)c2)s1. The van der Waals surface area contributed by atoms with Crippen LogP contribution in [0.25, 0.3) is 0 Å². The van der Waals surface area contributed by atoms with Gasteiger partial charge in [0.25, 0.3) is 0 Å². The number of nitrogens with one attached hydrogen (secondary N) is 2. The molecule has 0 aliphatic carbocycles. The van der Waals surface area contributed by atoms with Crippen molar-refractivity contribution in [2.24, 2.45) is 4.99 Å². The molecule has 1 unspecified atom stereocenters. The van der Waals surface area contributed by atoms with Gasteiger partial charge in [-0.25, -0.2) is 4.98 Å². The zero-order valence-electron chi connectivity index (χ0n) is 13.4. The fourth-order valence-electron chi connectivity index (χ4n) is 2.02. The molecule has 0 saturated heterocycles. The van der Waals surface area contributed by atoms with Crippen LogP contribution >= 0.6 is 34.5 Å². The highest BCUT2D eigenvalue weighted by atomic mass is 35.5. The molecule has 1 aromatic carbocycles. The first kappa shape index (κ1) is 18.0. The van der Waals surface area contributed by atoms with Crippen LogP contribution in [0.3, 0.4) is 0 Å². The highest BCUT2D eigenvalue weighted by Crippen LogP contribution is 2.25. The predicted octanol–water partition coefficient (Wildman–Crippen LogP) is 4.44. The Morgan fingerprint density at radius 2 is 2.13 bits per heavy atom. The van der Waals surface area contributed by atoms with E-state index in [9.17, 15) is 0 Å². The molecule has 0 saturated carbocycles. The molecular weight excluding hydrogens is 351 g/mol. The van der Waals surface area contributed by atoms with Crippen molar-refractivity contribution >= 4 is 40.5 Å². The van der Waals surface area contributed by atoms with E-state index >= 15 is 0 Å². The summed E-state index contributed by atoms with van der Waals surface area (Å²) < 4.78 is 0. The molecular formula is C16H20Cl2N4S. The van der Waals surface area contributed by atoms with E-state index in [-0.39, 0.29) is 6.04 Å². The van der Waals surface area contributed by atoms with Gasteiger partial charge in [-0.2, -0.15) is 0 Å². The summed E-state index contributed by atoms with van der Waals surface area (Å²) in [6, 6.07) is 5.67. The molecule has 0 fully saturated rings. The molecule has 7 heteroatoms. The van der Waals surface area contributed by atoms with Crippen LogP contribution < -0.4 is 10.6 Å². The summed E-state index contributed by atoms with van der Waals surface area (Å²) in [6.07, 6.45) is 2.94. The Bertz CT molecular complexity index is 684. The Kier molecular flexibility index (Phi) is 6.69. The van der Waals surface area contributed by atoms with Gasteiger partial charge in [0.15, 0.2) is 5.96 Å². The molecule has 0 aliphatic heterocycles. The van der Waals surface area contributed by atoms with Crippen LogP contribution in [0.4, 0.5) is 0 Å². The number of nitrogens with zero attached hydrogens (tertiary/aromatic N) is 2. The van der Waals surface area contributed by atoms with Crippen LogP contribution in [0.15, 0.2) is 29.4 Å². The summed E-state index contributed by atoms with van der Waals surface area (Å²) in [5.41, 5.74) is 1.05. The number of benzene rings is 1. The molecule has 23 heavy (non-hydrogen) atoms. The molecule has 2 rings (SSSR count). The van der Waals surface area contributed by atoms with Crippen molar-refractivity contribution in [3.05, 3.63) is 49.9 Å². The molecule has 2 N–H and O–H groups in total. The predicted molar refractivity (Wildman–Crippen MR) is 99.7 cm³/mol. The minimum Gasteiger partial charge on any atom is -0.350 e. The van der Waals surface area contributed by atoms with Crippen molar-refractivity contribution in [2.45, 2.75) is 32.9 Å². The van der Waals surface area contributed by atoms with Crippen LogP contribution in [0.1, 0.15) is 35.3 Å². The van der Waals surface area contributed by atoms with Crippen molar-refractivity contribution in [3.8, 4) is 0 Å². The summed E-state index contributed by atoms with van der Waals surface area (Å²) in [6.45, 7) is 4.83. The highest BCUT2D eigenvalue weighted by molar-refractivity contribution is 7.11. The van der Waals surface area contributed by atoms with Crippen LogP contribution in [0.5, 0.6) is 0 Å². The number of hydrogen-bond donors (Lipinski definition) is 2. The standard InChI is InChI=1S/C16H20Cl2N4S/c1-4-12-8-20-15(23-12)9-21-16(19-3)22-10(2)11-5-6-13(17)14(18)7-11/h5-8,10H,4,9H2,1-3H3,(H2,19,21,22). The topological polar surface area (TPSA) is 49.3 Å². The summed E-state index contributed by atoms with van der Waals surface area (Å²) in [5, 5.41) is 8.77. The summed E-state index contributed by atoms with van der Waals surface area (Å²) in [4.78, 5) is 9.93. The van der Waals surface area contributed by atoms with Gasteiger partial charge in [-0.3, -0.25) is 4.99 Å². The maximum absolute atomic E-state index is 6.07. The Morgan fingerprint density at radius 1 is 1.35 bits per heavy atom. The second-order valence-electron chi connectivity index (χ2n) is 5.04. The maximum Gasteiger partial charge on any atom is 0.191 e. The summed E-state index contributed by atoms with van der Waals surface area (Å²) >= 11 is 13.7. The van der Waals surface area contributed by atoms with Gasteiger partial charge in [-0.15, -0.1) is 11.3 Å². The maximum atomic E-state index is 6.07. The molecule has 0 aliphatic rings. The van der Waals surface area contributed by atoms with Crippen LogP contribution in [-0.4, -0.2) is 18.0 Å². The van der Waals surface area contributed by atoms with Crippen LogP contribution in [0.2, 0.25) is 10.0 Å². The third-order valence-electron chi connectivity index (χ3n) is 3.38. The number of aromatic nitrogens is 1. The highest BCUT2D eigenvalue weighted by Gasteiger charge is 2.10. The van der Waals surface area contributed by atoms with Gasteiger partial charge in [-0.05, 0) is 31.0 Å². The molecule has 4 nitrogen and oxygen atoms in total. The van der Waals surface area contributed by atoms with Gasteiger partial charge in [0, 0.05) is 18.1 Å². The van der Waals surface area contributed by atoms with E-state index in [1.165, 1.54) is 4.88 Å². The van der Waals surface area contributed by atoms with Crippen LogP contribution in [0, 0.1) is 0 Å². The molecule has 1 atom stereocenters. The van der Waals surface area contributed by atoms with Crippen LogP contribution in [-0.2, 0) is 13.0 Å². The quantitative estimate of drug-likeness (QED) is 0.604. The van der Waals surface area contributed by atoms with E-state index in [0.29, 0.717) is 16.6 Å². The zero-order valence-corrected chi connectivity index (χ0v) is 15.7. The van der Waals surface area contributed by atoms with E-state index in [4.69, 9.17) is 23.2 Å². The number of rotatable bonds is 5. The lowest BCUT2D eigenvalue weighted by Gasteiger charge is -2.18. The second-order valence-corrected chi connectivity index (χ2v) is 7.05. The third-order valence-corrected chi connectivity index (χ3v) is 5.26. The number of aliphatic imine (C=N–C) groups is 1. The first-order valence-corrected chi connectivity index (χ1v) is 8.96. The number of halogens is 2. The fourth-order valence-corrected chi connectivity index (χ4v) is 3.13. The molecule has 1 aromatic heterocycles. The van der Waals surface area contributed by atoms with Gasteiger partial charge in [0.05, 0.1) is 22.6 Å². The molecule has 1 heterocycles. The zero-order chi connectivity index (χ0) is 16.8. The number of thiazole rings is 1. The molecule has 0 bridgehead atoms. The normalized spacial score (nSPS) is 13.0. The minimum absolute atomic E-state index is 0.0541. The molecule has 0 radical (unpaired) electrons. The van der Waals surface area contributed by atoms with E-state index in [2.05, 4.69) is 27.5 Å². The molecule has 0 amide bonds. The van der Waals surface area contributed by atoms with Crippen molar-refractivity contribution in [1.29, 1.82) is 0 Å². The third kappa shape index (κ3) is 5.09. The second kappa shape index (κ2) is 8.52. The van der Waals surface area contributed by atoms with Gasteiger partial charge < -0.3 is 10.6 Å². The lowest BCUT2D eigenvalue weighted by atomic mass is 10.1. The largest absolute Gasteiger partial charge is 0.350 e. The van der Waals surface area contributed by atoms with E-state index in [1.54, 1.807) is 24.5 Å². The molecule has 2 aromatic rings. The Labute approximate surface area is 151 Å². The minimum atomic E-state index is 0.0541. The van der Waals surface area contributed by atoms with E-state index in [1.807, 2.05) is 25.3 Å². The molecule has 124 valence electrons. The summed E-state index contributed by atoms with van der Waals surface area (Å²) in [7, 11) is 1.75. The number of aryl methyl sites for hydroxylation is 1. The van der Waals surface area contributed by atoms with Crippen molar-refractivity contribution in [2.75, 3.05) is 7.05 Å². The Morgan fingerprint density at radius 3 is 2.74 bits per heavy atom. The van der Waals surface area contributed by atoms with E-state index < -0.39 is 0 Å². The number of hydrogen-bond acceptors (Lipinski definition) is 3. The lowest BCUT2D eigenvalue weighted by molar-refractivity contribution is 0.685. The van der Waals surface area contributed by atoms with Gasteiger partial charge in [0.2, 0.25) is 0 Å². The Hall–Kier alpha value is -1.30. The fraction of sp³-hybridized carbons (Fsp3) is 0.375. The first-order chi connectivity index (χ1) is 11.0. The monoisotopic (exact) mass is 370 g/mol. The average molecular weight is 371 g/mol. The Balaban J connectivity index is 1.94. The van der Waals surface area contributed by atoms with Crippen molar-refractivity contribution in [3.63, 3.8) is 0 Å².